The van der Waals surface area contributed by atoms with Gasteiger partial charge in [-0.25, -0.2) is 4.79 Å². The fraction of sp³-hybridized carbons (Fsp3) is 0.292. The van der Waals surface area contributed by atoms with Crippen LogP contribution in [0.3, 0.4) is 0 Å². The minimum absolute atomic E-state index is 0.00556. The first-order valence-electron chi connectivity index (χ1n) is 11.2. The number of nitro benzene ring substituents is 1. The van der Waals surface area contributed by atoms with Gasteiger partial charge in [-0.1, -0.05) is 6.07 Å². The van der Waals surface area contributed by atoms with E-state index in [4.69, 9.17) is 13.9 Å². The summed E-state index contributed by atoms with van der Waals surface area (Å²) < 4.78 is 16.2. The van der Waals surface area contributed by atoms with Crippen LogP contribution in [0.2, 0.25) is 0 Å². The van der Waals surface area contributed by atoms with Crippen molar-refractivity contribution in [3.05, 3.63) is 57.0 Å². The van der Waals surface area contributed by atoms with Gasteiger partial charge in [0, 0.05) is 43.9 Å². The second-order valence-corrected chi connectivity index (χ2v) is 9.18. The molecule has 0 radical (unpaired) electrons. The Kier molecular flexibility index (Phi) is 7.94. The highest BCUT2D eigenvalue weighted by molar-refractivity contribution is 8.03. The molecule has 1 fully saturated rings. The number of likely N-dealkylation sites (N-methyl/N-ethyl adjacent to an activating group) is 1. The number of carboxylic acid groups (broad SMARTS) is 1. The lowest BCUT2D eigenvalue weighted by atomic mass is 10.1. The van der Waals surface area contributed by atoms with Crippen molar-refractivity contribution in [1.82, 2.24) is 15.1 Å². The summed E-state index contributed by atoms with van der Waals surface area (Å²) in [4.78, 5) is 27.3. The molecule has 4 rings (SSSR count). The van der Waals surface area contributed by atoms with Gasteiger partial charge in [-0.05, 0) is 48.6 Å². The molecule has 0 aliphatic carbocycles. The number of piperazine rings is 1. The number of hydrogen-bond acceptors (Lipinski definition) is 11. The van der Waals surface area contributed by atoms with Crippen molar-refractivity contribution in [2.45, 2.75) is 5.22 Å². The van der Waals surface area contributed by atoms with Crippen LogP contribution in [0.15, 0.2) is 50.9 Å². The average molecular weight is 528 g/mol. The van der Waals surface area contributed by atoms with Crippen LogP contribution in [0.25, 0.3) is 17.5 Å². The van der Waals surface area contributed by atoms with Gasteiger partial charge < -0.3 is 28.8 Å². The minimum atomic E-state index is -1.24. The fourth-order valence-electron chi connectivity index (χ4n) is 3.77. The molecule has 0 unspecified atom stereocenters. The standard InChI is InChI=1S/C24H25N5O7S/c1-27-6-8-28(9-7-27)19-5-4-15(10-20(19)29(32)33)11-21(23(30)31)37-24-26-25-22(36-24)16-12-17(34-2)14-18(13-16)35-3/h4-5,10-14H,6-9H2,1-3H3,(H,30,31)/b21-11+. The molecule has 0 amide bonds. The van der Waals surface area contributed by atoms with Gasteiger partial charge in [0.25, 0.3) is 10.9 Å². The van der Waals surface area contributed by atoms with Gasteiger partial charge in [-0.3, -0.25) is 10.1 Å². The number of anilines is 1. The highest BCUT2D eigenvalue weighted by Crippen LogP contribution is 2.35. The molecule has 37 heavy (non-hydrogen) atoms. The molecular weight excluding hydrogens is 502 g/mol. The number of aliphatic carboxylic acids is 1. The van der Waals surface area contributed by atoms with Gasteiger partial charge in [-0.15, -0.1) is 10.2 Å². The molecule has 0 bridgehead atoms. The van der Waals surface area contributed by atoms with Crippen molar-refractivity contribution >= 4 is 35.2 Å². The Morgan fingerprint density at radius 2 is 1.78 bits per heavy atom. The lowest BCUT2D eigenvalue weighted by Crippen LogP contribution is -2.44. The zero-order chi connectivity index (χ0) is 26.5. The summed E-state index contributed by atoms with van der Waals surface area (Å²) >= 11 is 0.747. The summed E-state index contributed by atoms with van der Waals surface area (Å²) in [6.07, 6.45) is 1.34. The second kappa shape index (κ2) is 11.3. The van der Waals surface area contributed by atoms with E-state index in [0.717, 1.165) is 24.9 Å². The number of ether oxygens (including phenoxy) is 2. The maximum absolute atomic E-state index is 12.0. The number of carbonyl (C=O) groups is 1. The van der Waals surface area contributed by atoms with E-state index in [1.165, 1.54) is 26.4 Å². The summed E-state index contributed by atoms with van der Waals surface area (Å²) in [7, 11) is 5.03. The van der Waals surface area contributed by atoms with E-state index in [9.17, 15) is 20.0 Å². The Hall–Kier alpha value is -4.10. The van der Waals surface area contributed by atoms with Gasteiger partial charge in [0.1, 0.15) is 22.1 Å². The van der Waals surface area contributed by atoms with Crippen LogP contribution >= 0.6 is 11.8 Å². The number of nitrogens with zero attached hydrogens (tertiary/aromatic N) is 5. The molecule has 13 heteroatoms. The van der Waals surface area contributed by atoms with E-state index in [1.807, 2.05) is 11.9 Å². The second-order valence-electron chi connectivity index (χ2n) is 8.19. The highest BCUT2D eigenvalue weighted by Gasteiger charge is 2.24. The Morgan fingerprint density at radius 1 is 1.11 bits per heavy atom. The topological polar surface area (TPSA) is 144 Å². The number of thioether (sulfide) groups is 1. The first kappa shape index (κ1) is 26.0. The fourth-order valence-corrected chi connectivity index (χ4v) is 4.44. The number of hydrogen-bond donors (Lipinski definition) is 1. The lowest BCUT2D eigenvalue weighted by Gasteiger charge is -2.33. The molecule has 12 nitrogen and oxygen atoms in total. The lowest BCUT2D eigenvalue weighted by molar-refractivity contribution is -0.384. The zero-order valence-electron chi connectivity index (χ0n) is 20.4. The maximum Gasteiger partial charge on any atom is 0.342 e. The number of benzene rings is 2. The third kappa shape index (κ3) is 6.19. The Morgan fingerprint density at radius 3 is 2.38 bits per heavy atom. The van der Waals surface area contributed by atoms with E-state index in [-0.39, 0.29) is 21.7 Å². The van der Waals surface area contributed by atoms with Crippen LogP contribution in [0, 0.1) is 10.1 Å². The normalized spacial score (nSPS) is 14.5. The maximum atomic E-state index is 12.0. The van der Waals surface area contributed by atoms with E-state index in [1.54, 1.807) is 30.3 Å². The van der Waals surface area contributed by atoms with Crippen LogP contribution in [-0.4, -0.2) is 78.5 Å². The first-order valence-corrected chi connectivity index (χ1v) is 12.0. The van der Waals surface area contributed by atoms with Crippen LogP contribution < -0.4 is 14.4 Å². The smallest absolute Gasteiger partial charge is 0.342 e. The molecule has 0 atom stereocenters. The van der Waals surface area contributed by atoms with Crippen molar-refractivity contribution < 1.29 is 28.7 Å². The Bertz CT molecular complexity index is 1310. The molecular formula is C24H25N5O7S. The zero-order valence-corrected chi connectivity index (χ0v) is 21.2. The summed E-state index contributed by atoms with van der Waals surface area (Å²) in [5.74, 6) is -0.0424. The molecule has 0 saturated carbocycles. The van der Waals surface area contributed by atoms with Crippen LogP contribution in [0.1, 0.15) is 5.56 Å². The van der Waals surface area contributed by atoms with Gasteiger partial charge in [-0.2, -0.15) is 0 Å². The van der Waals surface area contributed by atoms with Gasteiger partial charge >= 0.3 is 5.97 Å². The summed E-state index contributed by atoms with van der Waals surface area (Å²) in [5, 5.41) is 29.5. The quantitative estimate of drug-likeness (QED) is 0.188. The van der Waals surface area contributed by atoms with Crippen LogP contribution in [0.5, 0.6) is 11.5 Å². The van der Waals surface area contributed by atoms with E-state index < -0.39 is 10.9 Å². The molecule has 1 N–H and O–H groups in total. The Balaban J connectivity index is 1.59. The van der Waals surface area contributed by atoms with Crippen molar-refractivity contribution in [3.63, 3.8) is 0 Å². The number of carboxylic acids is 1. The van der Waals surface area contributed by atoms with Crippen LogP contribution in [0.4, 0.5) is 11.4 Å². The predicted octanol–water partition coefficient (Wildman–Crippen LogP) is 3.63. The van der Waals surface area contributed by atoms with E-state index >= 15 is 0 Å². The number of rotatable bonds is 9. The van der Waals surface area contributed by atoms with Gasteiger partial charge in [0.15, 0.2) is 0 Å². The SMILES string of the molecule is COc1cc(OC)cc(-c2nnc(S/C(=C/c3ccc(N4CCN(C)CC4)c([N+](=O)[O-])c3)C(=O)O)o2)c1. The third-order valence-corrected chi connectivity index (χ3v) is 6.60. The van der Waals surface area contributed by atoms with Crippen molar-refractivity contribution in [2.24, 2.45) is 0 Å². The number of methoxy groups -OCH3 is 2. The number of aromatic nitrogens is 2. The number of nitro groups is 1. The molecule has 1 aromatic heterocycles. The highest BCUT2D eigenvalue weighted by atomic mass is 32.2. The molecule has 1 saturated heterocycles. The van der Waals surface area contributed by atoms with Gasteiger partial charge in [0.05, 0.1) is 19.1 Å². The molecule has 3 aromatic rings. The first-order chi connectivity index (χ1) is 17.8. The van der Waals surface area contributed by atoms with E-state index in [2.05, 4.69) is 15.1 Å². The minimum Gasteiger partial charge on any atom is -0.497 e. The molecule has 1 aliphatic rings. The third-order valence-electron chi connectivity index (χ3n) is 5.75. The molecule has 1 aliphatic heterocycles. The van der Waals surface area contributed by atoms with Crippen LogP contribution in [-0.2, 0) is 4.79 Å². The average Bonchev–Trinajstić information content (AvgIpc) is 3.37. The molecule has 0 spiro atoms. The monoisotopic (exact) mass is 527 g/mol. The van der Waals surface area contributed by atoms with Gasteiger partial charge in [0.2, 0.25) is 5.89 Å². The van der Waals surface area contributed by atoms with E-state index in [0.29, 0.717) is 41.4 Å². The summed E-state index contributed by atoms with van der Waals surface area (Å²) in [5.41, 5.74) is 1.33. The predicted molar refractivity (Wildman–Crippen MR) is 137 cm³/mol. The summed E-state index contributed by atoms with van der Waals surface area (Å²) in [6.45, 7) is 2.93. The molecule has 2 aromatic carbocycles. The van der Waals surface area contributed by atoms with Crippen molar-refractivity contribution in [3.8, 4) is 23.0 Å². The molecule has 2 heterocycles. The Labute approximate surface area is 216 Å². The molecule has 194 valence electrons. The summed E-state index contributed by atoms with van der Waals surface area (Å²) in [6, 6.07) is 9.74. The van der Waals surface area contributed by atoms with Crippen molar-refractivity contribution in [1.29, 1.82) is 0 Å². The largest absolute Gasteiger partial charge is 0.497 e. The van der Waals surface area contributed by atoms with Crippen molar-refractivity contribution in [2.75, 3.05) is 52.3 Å².